The number of hydrogen-bond acceptors (Lipinski definition) is 3. The van der Waals surface area contributed by atoms with Gasteiger partial charge in [0.25, 0.3) is 0 Å². The van der Waals surface area contributed by atoms with Gasteiger partial charge in [0, 0.05) is 29.7 Å². The van der Waals surface area contributed by atoms with Crippen molar-refractivity contribution in [2.75, 3.05) is 26.3 Å². The monoisotopic (exact) mass is 319 g/mol. The van der Waals surface area contributed by atoms with Crippen LogP contribution >= 0.6 is 11.6 Å². The highest BCUT2D eigenvalue weighted by atomic mass is 35.5. The first kappa shape index (κ1) is 15.8. The second-order valence-electron chi connectivity index (χ2n) is 6.17. The molecule has 0 spiro atoms. The topological polar surface area (TPSA) is 32.7 Å². The van der Waals surface area contributed by atoms with Gasteiger partial charge in [-0.25, -0.2) is 0 Å². The largest absolute Gasteiger partial charge is 0.379 e. The number of halogens is 1. The van der Waals surface area contributed by atoms with Crippen LogP contribution in [0.15, 0.2) is 24.3 Å². The Morgan fingerprint density at radius 3 is 2.64 bits per heavy atom. The summed E-state index contributed by atoms with van der Waals surface area (Å²) >= 11 is 5.96. The van der Waals surface area contributed by atoms with Crippen molar-refractivity contribution in [1.82, 2.24) is 4.90 Å². The Kier molecular flexibility index (Phi) is 5.05. The van der Waals surface area contributed by atoms with Crippen molar-refractivity contribution in [2.45, 2.75) is 37.3 Å². The molecule has 4 heteroatoms. The van der Waals surface area contributed by atoms with Crippen LogP contribution in [0.1, 0.15) is 31.2 Å². The second-order valence-corrected chi connectivity index (χ2v) is 6.61. The molecule has 3 nitrogen and oxygen atoms in total. The first-order chi connectivity index (χ1) is 10.6. The molecule has 118 valence electrons. The van der Waals surface area contributed by atoms with Gasteiger partial charge in [-0.15, -0.1) is 0 Å². The molecule has 0 radical (unpaired) electrons. The number of benzene rings is 1. The molecule has 1 aromatic rings. The average molecular weight is 320 g/mol. The standard InChI is InChI=1S/C18H22ClNO2/c19-16-3-1-2-15(14-16)4-7-18(21)8-5-17(6-9-18)20-10-12-22-13-11-20/h1-3,14,17,21H,5-6,8-13H2. The Bertz CT molecular complexity index is 564. The molecule has 1 aliphatic carbocycles. The van der Waals surface area contributed by atoms with Crippen molar-refractivity contribution in [2.24, 2.45) is 0 Å². The van der Waals surface area contributed by atoms with E-state index in [0.29, 0.717) is 11.1 Å². The van der Waals surface area contributed by atoms with Crippen LogP contribution in [-0.4, -0.2) is 48.0 Å². The van der Waals surface area contributed by atoms with Crippen LogP contribution in [-0.2, 0) is 4.74 Å². The average Bonchev–Trinajstić information content (AvgIpc) is 2.55. The van der Waals surface area contributed by atoms with Crippen molar-refractivity contribution in [3.05, 3.63) is 34.9 Å². The number of hydrogen-bond donors (Lipinski definition) is 1. The number of aliphatic hydroxyl groups is 1. The van der Waals surface area contributed by atoms with Gasteiger partial charge in [-0.3, -0.25) is 4.90 Å². The number of nitrogens with zero attached hydrogens (tertiary/aromatic N) is 1. The summed E-state index contributed by atoms with van der Waals surface area (Å²) in [6.07, 6.45) is 3.48. The Morgan fingerprint density at radius 2 is 1.95 bits per heavy atom. The fourth-order valence-electron chi connectivity index (χ4n) is 3.27. The van der Waals surface area contributed by atoms with Crippen molar-refractivity contribution in [1.29, 1.82) is 0 Å². The minimum atomic E-state index is -0.856. The van der Waals surface area contributed by atoms with Gasteiger partial charge in [0.2, 0.25) is 0 Å². The molecule has 0 aromatic heterocycles. The van der Waals surface area contributed by atoms with Crippen LogP contribution in [0.2, 0.25) is 5.02 Å². The molecular formula is C18H22ClNO2. The summed E-state index contributed by atoms with van der Waals surface area (Å²) in [5.41, 5.74) is 0.00157. The zero-order valence-corrected chi connectivity index (χ0v) is 13.5. The Morgan fingerprint density at radius 1 is 1.23 bits per heavy atom. The van der Waals surface area contributed by atoms with Crippen LogP contribution < -0.4 is 0 Å². The van der Waals surface area contributed by atoms with Gasteiger partial charge in [-0.2, -0.15) is 0 Å². The van der Waals surface area contributed by atoms with E-state index in [9.17, 15) is 5.11 Å². The first-order valence-corrected chi connectivity index (χ1v) is 8.35. The minimum absolute atomic E-state index is 0.567. The smallest absolute Gasteiger partial charge is 0.126 e. The molecule has 0 amide bonds. The molecule has 0 atom stereocenters. The lowest BCUT2D eigenvalue weighted by Gasteiger charge is -2.40. The highest BCUT2D eigenvalue weighted by Crippen LogP contribution is 2.31. The van der Waals surface area contributed by atoms with Crippen LogP contribution in [0.5, 0.6) is 0 Å². The summed E-state index contributed by atoms with van der Waals surface area (Å²) in [6, 6.07) is 8.02. The molecule has 1 saturated heterocycles. The van der Waals surface area contributed by atoms with E-state index in [1.165, 1.54) is 0 Å². The fraction of sp³-hybridized carbons (Fsp3) is 0.556. The van der Waals surface area contributed by atoms with Gasteiger partial charge in [-0.05, 0) is 43.9 Å². The van der Waals surface area contributed by atoms with Crippen LogP contribution in [0.4, 0.5) is 0 Å². The van der Waals surface area contributed by atoms with Gasteiger partial charge < -0.3 is 9.84 Å². The van der Waals surface area contributed by atoms with Gasteiger partial charge in [0.05, 0.1) is 13.2 Å². The molecule has 3 rings (SSSR count). The summed E-state index contributed by atoms with van der Waals surface area (Å²) < 4.78 is 5.40. The zero-order valence-electron chi connectivity index (χ0n) is 12.7. The maximum Gasteiger partial charge on any atom is 0.126 e. The summed E-state index contributed by atoms with van der Waals surface area (Å²) in [7, 11) is 0. The number of morpholine rings is 1. The van der Waals surface area contributed by atoms with Crippen molar-refractivity contribution >= 4 is 11.6 Å². The molecule has 1 N–H and O–H groups in total. The SMILES string of the molecule is OC1(C#Cc2cccc(Cl)c2)CCC(N2CCOCC2)CC1. The van der Waals surface area contributed by atoms with E-state index in [1.807, 2.05) is 24.3 Å². The number of rotatable bonds is 1. The highest BCUT2D eigenvalue weighted by molar-refractivity contribution is 6.30. The molecule has 1 aliphatic heterocycles. The minimum Gasteiger partial charge on any atom is -0.379 e. The zero-order chi connectivity index (χ0) is 15.4. The van der Waals surface area contributed by atoms with Gasteiger partial charge in [0.1, 0.15) is 5.60 Å². The third-order valence-electron chi connectivity index (χ3n) is 4.61. The third kappa shape index (κ3) is 4.02. The predicted octanol–water partition coefficient (Wildman–Crippen LogP) is 2.70. The predicted molar refractivity (Wildman–Crippen MR) is 87.9 cm³/mol. The van der Waals surface area contributed by atoms with E-state index in [4.69, 9.17) is 16.3 Å². The van der Waals surface area contributed by atoms with Gasteiger partial charge in [0.15, 0.2) is 0 Å². The van der Waals surface area contributed by atoms with E-state index in [2.05, 4.69) is 16.7 Å². The quantitative estimate of drug-likeness (QED) is 0.808. The van der Waals surface area contributed by atoms with Crippen LogP contribution in [0.3, 0.4) is 0 Å². The Labute approximate surface area is 137 Å². The lowest BCUT2D eigenvalue weighted by atomic mass is 9.81. The molecule has 1 heterocycles. The van der Waals surface area contributed by atoms with Crippen LogP contribution in [0, 0.1) is 11.8 Å². The number of ether oxygens (including phenoxy) is 1. The second kappa shape index (κ2) is 7.02. The molecule has 0 bridgehead atoms. The van der Waals surface area contributed by atoms with E-state index in [1.54, 1.807) is 0 Å². The molecule has 2 aliphatic rings. The third-order valence-corrected chi connectivity index (χ3v) is 4.84. The molecule has 0 unspecified atom stereocenters. The molecule has 22 heavy (non-hydrogen) atoms. The first-order valence-electron chi connectivity index (χ1n) is 7.98. The molecule has 2 fully saturated rings. The lowest BCUT2D eigenvalue weighted by molar-refractivity contribution is -0.0178. The van der Waals surface area contributed by atoms with E-state index >= 15 is 0 Å². The highest BCUT2D eigenvalue weighted by Gasteiger charge is 2.34. The normalized spacial score (nSPS) is 29.6. The van der Waals surface area contributed by atoms with E-state index in [-0.39, 0.29) is 0 Å². The summed E-state index contributed by atoms with van der Waals surface area (Å²) in [6.45, 7) is 3.68. The Hall–Kier alpha value is -1.05. The maximum absolute atomic E-state index is 10.7. The van der Waals surface area contributed by atoms with Crippen molar-refractivity contribution in [3.63, 3.8) is 0 Å². The summed E-state index contributed by atoms with van der Waals surface area (Å²) in [4.78, 5) is 2.49. The van der Waals surface area contributed by atoms with Crippen molar-refractivity contribution in [3.8, 4) is 11.8 Å². The van der Waals surface area contributed by atoms with E-state index < -0.39 is 5.60 Å². The fourth-order valence-corrected chi connectivity index (χ4v) is 3.46. The Balaban J connectivity index is 1.59. The van der Waals surface area contributed by atoms with Gasteiger partial charge in [-0.1, -0.05) is 29.5 Å². The van der Waals surface area contributed by atoms with Crippen molar-refractivity contribution < 1.29 is 9.84 Å². The van der Waals surface area contributed by atoms with Gasteiger partial charge >= 0.3 is 0 Å². The molecular weight excluding hydrogens is 298 g/mol. The maximum atomic E-state index is 10.7. The summed E-state index contributed by atoms with van der Waals surface area (Å²) in [5.74, 6) is 6.14. The van der Waals surface area contributed by atoms with Crippen LogP contribution in [0.25, 0.3) is 0 Å². The lowest BCUT2D eigenvalue weighted by Crippen LogP contribution is -2.47. The molecule has 1 aromatic carbocycles. The summed E-state index contributed by atoms with van der Waals surface area (Å²) in [5, 5.41) is 11.3. The van der Waals surface area contributed by atoms with E-state index in [0.717, 1.165) is 57.6 Å². The molecule has 1 saturated carbocycles.